The lowest BCUT2D eigenvalue weighted by Crippen LogP contribution is -2.43. The van der Waals surface area contributed by atoms with E-state index in [0.29, 0.717) is 39.3 Å². The Morgan fingerprint density at radius 1 is 1.11 bits per heavy atom. The molecular weight excluding hydrogens is 380 g/mol. The Hall–Kier alpha value is -2.00. The molecule has 1 fully saturated rings. The maximum absolute atomic E-state index is 12.8. The molecule has 1 aromatic carbocycles. The molecule has 0 amide bonds. The molecule has 150 valence electrons. The number of nitrogens with zero attached hydrogens (tertiary/aromatic N) is 2. The van der Waals surface area contributed by atoms with Crippen LogP contribution >= 0.6 is 0 Å². The van der Waals surface area contributed by atoms with E-state index in [4.69, 9.17) is 9.47 Å². The van der Waals surface area contributed by atoms with Crippen LogP contribution in [-0.2, 0) is 39.0 Å². The molecule has 0 radical (unpaired) electrons. The van der Waals surface area contributed by atoms with Crippen LogP contribution < -0.4 is 5.56 Å². The second-order valence-electron chi connectivity index (χ2n) is 7.21. The summed E-state index contributed by atoms with van der Waals surface area (Å²) in [5, 5.41) is 0. The molecule has 8 heteroatoms. The highest BCUT2D eigenvalue weighted by atomic mass is 32.2. The highest BCUT2D eigenvalue weighted by molar-refractivity contribution is 7.89. The first kappa shape index (κ1) is 19.3. The first-order valence-corrected chi connectivity index (χ1v) is 11.1. The van der Waals surface area contributed by atoms with Crippen LogP contribution in [0, 0.1) is 0 Å². The van der Waals surface area contributed by atoms with Gasteiger partial charge in [-0.2, -0.15) is 4.31 Å². The fraction of sp³-hybridized carbons (Fsp3) is 0.450. The highest BCUT2D eigenvalue weighted by Gasteiger charge is 2.31. The van der Waals surface area contributed by atoms with E-state index in [-0.39, 0.29) is 17.9 Å². The molecule has 7 nitrogen and oxygen atoms in total. The Morgan fingerprint density at radius 2 is 1.93 bits per heavy atom. The second-order valence-corrected chi connectivity index (χ2v) is 9.22. The number of rotatable bonds is 5. The zero-order valence-electron chi connectivity index (χ0n) is 15.6. The van der Waals surface area contributed by atoms with Crippen LogP contribution in [0.3, 0.4) is 0 Å². The molecule has 1 aromatic heterocycles. The van der Waals surface area contributed by atoms with Crippen LogP contribution in [-0.4, -0.2) is 55.5 Å². The fourth-order valence-electron chi connectivity index (χ4n) is 3.66. The summed E-state index contributed by atoms with van der Waals surface area (Å²) in [6, 6.07) is 11.4. The number of hydrogen-bond donors (Lipinski definition) is 0. The number of sulfonamides is 1. The minimum absolute atomic E-state index is 0.0633. The van der Waals surface area contributed by atoms with Crippen molar-refractivity contribution in [1.82, 2.24) is 8.87 Å². The van der Waals surface area contributed by atoms with E-state index in [1.807, 2.05) is 30.3 Å². The molecule has 0 aliphatic carbocycles. The van der Waals surface area contributed by atoms with Gasteiger partial charge in [0.25, 0.3) is 5.56 Å². The molecule has 28 heavy (non-hydrogen) atoms. The van der Waals surface area contributed by atoms with Crippen LogP contribution in [0.1, 0.15) is 16.7 Å². The van der Waals surface area contributed by atoms with Crippen LogP contribution in [0.25, 0.3) is 0 Å². The van der Waals surface area contributed by atoms with Gasteiger partial charge in [0.15, 0.2) is 0 Å². The van der Waals surface area contributed by atoms with Crippen LogP contribution in [0.5, 0.6) is 0 Å². The Kier molecular flexibility index (Phi) is 5.63. The van der Waals surface area contributed by atoms with Crippen molar-refractivity contribution in [3.8, 4) is 0 Å². The summed E-state index contributed by atoms with van der Waals surface area (Å²) in [7, 11) is -3.47. The predicted molar refractivity (Wildman–Crippen MR) is 105 cm³/mol. The predicted octanol–water partition coefficient (Wildman–Crippen LogP) is 1.000. The number of pyridine rings is 1. The van der Waals surface area contributed by atoms with Gasteiger partial charge in [-0.05, 0) is 23.1 Å². The fourth-order valence-corrected chi connectivity index (χ4v) is 5.24. The molecule has 3 heterocycles. The Bertz CT molecular complexity index is 981. The van der Waals surface area contributed by atoms with Gasteiger partial charge >= 0.3 is 0 Å². The molecular formula is C20H24N2O5S. The van der Waals surface area contributed by atoms with Crippen molar-refractivity contribution in [1.29, 1.82) is 0 Å². The van der Waals surface area contributed by atoms with Gasteiger partial charge in [0, 0.05) is 25.4 Å². The summed E-state index contributed by atoms with van der Waals surface area (Å²) in [4.78, 5) is 12.4. The molecule has 2 aromatic rings. The number of aromatic nitrogens is 1. The van der Waals surface area contributed by atoms with Crippen LogP contribution in [0.15, 0.2) is 47.4 Å². The van der Waals surface area contributed by atoms with Gasteiger partial charge in [0.1, 0.15) is 0 Å². The van der Waals surface area contributed by atoms with Crippen molar-refractivity contribution in [2.45, 2.75) is 25.6 Å². The lowest BCUT2D eigenvalue weighted by Gasteiger charge is -2.30. The van der Waals surface area contributed by atoms with E-state index >= 15 is 0 Å². The number of fused-ring (bicyclic) bond motifs is 1. The quantitative estimate of drug-likeness (QED) is 0.743. The van der Waals surface area contributed by atoms with Crippen LogP contribution in [0.4, 0.5) is 0 Å². The van der Waals surface area contributed by atoms with Gasteiger partial charge < -0.3 is 14.0 Å². The van der Waals surface area contributed by atoms with Gasteiger partial charge in [-0.25, -0.2) is 8.42 Å². The zero-order chi connectivity index (χ0) is 19.6. The lowest BCUT2D eigenvalue weighted by molar-refractivity contribution is -0.0785. The summed E-state index contributed by atoms with van der Waals surface area (Å²) in [5.41, 5.74) is 2.77. The second kappa shape index (κ2) is 8.16. The summed E-state index contributed by atoms with van der Waals surface area (Å²) >= 11 is 0. The number of hydrogen-bond acceptors (Lipinski definition) is 5. The van der Waals surface area contributed by atoms with Crippen molar-refractivity contribution in [3.05, 3.63) is 69.6 Å². The van der Waals surface area contributed by atoms with Gasteiger partial charge in [-0.1, -0.05) is 30.3 Å². The van der Waals surface area contributed by atoms with Gasteiger partial charge in [0.05, 0.1) is 38.2 Å². The first-order chi connectivity index (χ1) is 13.5. The Morgan fingerprint density at radius 3 is 2.68 bits per heavy atom. The third-order valence-corrected chi connectivity index (χ3v) is 7.04. The Balaban J connectivity index is 1.52. The molecule has 0 saturated carbocycles. The minimum atomic E-state index is -3.47. The summed E-state index contributed by atoms with van der Waals surface area (Å²) in [6.07, 6.45) is 1.91. The van der Waals surface area contributed by atoms with E-state index in [1.165, 1.54) is 4.31 Å². The van der Waals surface area contributed by atoms with E-state index < -0.39 is 16.1 Å². The molecule has 1 atom stereocenters. The molecule has 1 saturated heterocycles. The Labute approximate surface area is 164 Å². The largest absolute Gasteiger partial charge is 0.376 e. The molecule has 0 bridgehead atoms. The third-order valence-electron chi connectivity index (χ3n) is 5.15. The van der Waals surface area contributed by atoms with Crippen molar-refractivity contribution in [2.75, 3.05) is 32.1 Å². The SMILES string of the molecule is O=c1cc2c(cn1Cc1ccccc1)CN(S(=O)(=O)CC1COCCO1)CC2. The highest BCUT2D eigenvalue weighted by Crippen LogP contribution is 2.21. The molecule has 0 spiro atoms. The maximum Gasteiger partial charge on any atom is 0.251 e. The first-order valence-electron chi connectivity index (χ1n) is 9.44. The molecule has 1 unspecified atom stereocenters. The van der Waals surface area contributed by atoms with Gasteiger partial charge in [-0.3, -0.25) is 4.79 Å². The third kappa shape index (κ3) is 4.35. The summed E-state index contributed by atoms with van der Waals surface area (Å²) < 4.78 is 39.6. The minimum Gasteiger partial charge on any atom is -0.376 e. The molecule has 2 aliphatic rings. The van der Waals surface area contributed by atoms with E-state index in [0.717, 1.165) is 16.7 Å². The number of ether oxygens (including phenoxy) is 2. The van der Waals surface area contributed by atoms with E-state index in [2.05, 4.69) is 0 Å². The van der Waals surface area contributed by atoms with E-state index in [9.17, 15) is 13.2 Å². The zero-order valence-corrected chi connectivity index (χ0v) is 16.4. The van der Waals surface area contributed by atoms with Crippen molar-refractivity contribution < 1.29 is 17.9 Å². The van der Waals surface area contributed by atoms with Gasteiger partial charge in [-0.15, -0.1) is 0 Å². The lowest BCUT2D eigenvalue weighted by atomic mass is 10.0. The monoisotopic (exact) mass is 404 g/mol. The summed E-state index contributed by atoms with van der Waals surface area (Å²) in [6.45, 7) is 2.36. The molecule has 0 N–H and O–H groups in total. The smallest absolute Gasteiger partial charge is 0.251 e. The molecule has 2 aliphatic heterocycles. The summed E-state index contributed by atoms with van der Waals surface area (Å²) in [5.74, 6) is -0.0774. The standard InChI is InChI=1S/C20H24N2O5S/c23-20-10-17-6-7-22(28(24,25)15-19-14-26-8-9-27-19)13-18(17)12-21(20)11-16-4-2-1-3-5-16/h1-5,10,12,19H,6-9,11,13-15H2. The van der Waals surface area contributed by atoms with Crippen molar-refractivity contribution in [2.24, 2.45) is 0 Å². The normalized spacial score (nSPS) is 20.6. The van der Waals surface area contributed by atoms with E-state index in [1.54, 1.807) is 16.8 Å². The molecule has 4 rings (SSSR count). The average Bonchev–Trinajstić information content (AvgIpc) is 2.69. The maximum atomic E-state index is 12.8. The average molecular weight is 404 g/mol. The number of benzene rings is 1. The van der Waals surface area contributed by atoms with Gasteiger partial charge in [0.2, 0.25) is 10.0 Å². The van der Waals surface area contributed by atoms with Crippen molar-refractivity contribution in [3.63, 3.8) is 0 Å². The topological polar surface area (TPSA) is 77.8 Å². The van der Waals surface area contributed by atoms with Crippen LogP contribution in [0.2, 0.25) is 0 Å². The van der Waals surface area contributed by atoms with Crippen molar-refractivity contribution >= 4 is 10.0 Å².